The molecule has 0 saturated carbocycles. The summed E-state index contributed by atoms with van der Waals surface area (Å²) in [4.78, 5) is 16.2. The van der Waals surface area contributed by atoms with E-state index < -0.39 is 0 Å². The number of aliphatic imine (C=N–C) groups is 1. The maximum Gasteiger partial charge on any atom is 0.204 e. The Kier molecular flexibility index (Phi) is 16.5. The molecule has 0 aliphatic carbocycles. The molecule has 0 spiro atoms. The third-order valence-electron chi connectivity index (χ3n) is 8.54. The van der Waals surface area contributed by atoms with Gasteiger partial charge in [-0.05, 0) is 99.9 Å². The Bertz CT molecular complexity index is 1380. The van der Waals surface area contributed by atoms with Gasteiger partial charge >= 0.3 is 0 Å². The van der Waals surface area contributed by atoms with Gasteiger partial charge in [-0.15, -0.1) is 0 Å². The smallest absolute Gasteiger partial charge is 0.204 e. The summed E-state index contributed by atoms with van der Waals surface area (Å²) < 4.78 is 19.4. The molecule has 2 heterocycles. The SMILES string of the molecule is CN(CCCCCCNC(=NCCCOc1cccc(CN2CCCCC2)c1)NC#N)CCN(Cc1ccc(F)cc1)c1ccccn1. The highest BCUT2D eigenvalue weighted by molar-refractivity contribution is 5.81. The molecule has 1 fully saturated rings. The van der Waals surface area contributed by atoms with Crippen LogP contribution in [0, 0.1) is 17.3 Å². The van der Waals surface area contributed by atoms with Crippen LogP contribution in [0.15, 0.2) is 77.9 Å². The first-order valence-electron chi connectivity index (χ1n) is 17.6. The summed E-state index contributed by atoms with van der Waals surface area (Å²) in [6.45, 7) is 8.74. The molecule has 1 aliphatic heterocycles. The number of rotatable bonds is 20. The summed E-state index contributed by atoms with van der Waals surface area (Å²) in [5.41, 5.74) is 2.36. The molecule has 9 nitrogen and oxygen atoms in total. The van der Waals surface area contributed by atoms with Crippen molar-refractivity contribution in [3.63, 3.8) is 0 Å². The van der Waals surface area contributed by atoms with Crippen LogP contribution in [0.5, 0.6) is 5.75 Å². The number of nitrogens with one attached hydrogen (secondary N) is 2. The van der Waals surface area contributed by atoms with E-state index in [0.29, 0.717) is 25.7 Å². The average molecular weight is 657 g/mol. The summed E-state index contributed by atoms with van der Waals surface area (Å²) >= 11 is 0. The van der Waals surface area contributed by atoms with Crippen molar-refractivity contribution in [3.05, 3.63) is 89.9 Å². The molecule has 258 valence electrons. The van der Waals surface area contributed by atoms with Crippen molar-refractivity contribution in [1.82, 2.24) is 25.4 Å². The highest BCUT2D eigenvalue weighted by Crippen LogP contribution is 2.18. The van der Waals surface area contributed by atoms with Crippen LogP contribution in [0.4, 0.5) is 10.2 Å². The first-order chi connectivity index (χ1) is 23.6. The number of hydrogen-bond acceptors (Lipinski definition) is 7. The molecule has 48 heavy (non-hydrogen) atoms. The first kappa shape index (κ1) is 36.6. The predicted octanol–water partition coefficient (Wildman–Crippen LogP) is 6.19. The second-order valence-corrected chi connectivity index (χ2v) is 12.5. The minimum absolute atomic E-state index is 0.219. The van der Waals surface area contributed by atoms with Crippen molar-refractivity contribution in [1.29, 1.82) is 5.26 Å². The number of aromatic nitrogens is 1. The van der Waals surface area contributed by atoms with E-state index in [2.05, 4.69) is 60.6 Å². The number of hydrogen-bond donors (Lipinski definition) is 2. The molecule has 0 atom stereocenters. The van der Waals surface area contributed by atoms with E-state index in [0.717, 1.165) is 82.0 Å². The number of nitrogens with zero attached hydrogens (tertiary/aromatic N) is 6. The van der Waals surface area contributed by atoms with Crippen LogP contribution in [0.2, 0.25) is 0 Å². The Morgan fingerprint density at radius 2 is 1.77 bits per heavy atom. The van der Waals surface area contributed by atoms with Gasteiger partial charge in [-0.2, -0.15) is 5.26 Å². The molecule has 0 amide bonds. The van der Waals surface area contributed by atoms with Gasteiger partial charge in [-0.3, -0.25) is 15.2 Å². The number of piperidine rings is 1. The minimum Gasteiger partial charge on any atom is -0.494 e. The van der Waals surface area contributed by atoms with Crippen LogP contribution in [-0.4, -0.2) is 80.2 Å². The summed E-state index contributed by atoms with van der Waals surface area (Å²) in [6, 6.07) is 21.0. The molecule has 2 aromatic carbocycles. The van der Waals surface area contributed by atoms with E-state index in [1.54, 1.807) is 0 Å². The Morgan fingerprint density at radius 3 is 2.56 bits per heavy atom. The van der Waals surface area contributed by atoms with Crippen molar-refractivity contribution < 1.29 is 9.13 Å². The van der Waals surface area contributed by atoms with E-state index >= 15 is 0 Å². The Balaban J connectivity index is 1.06. The van der Waals surface area contributed by atoms with E-state index in [1.165, 1.54) is 50.0 Å². The van der Waals surface area contributed by atoms with Crippen LogP contribution >= 0.6 is 0 Å². The largest absolute Gasteiger partial charge is 0.494 e. The van der Waals surface area contributed by atoms with E-state index in [1.807, 2.05) is 48.8 Å². The van der Waals surface area contributed by atoms with E-state index in [-0.39, 0.29) is 5.82 Å². The molecule has 2 N–H and O–H groups in total. The van der Waals surface area contributed by atoms with Gasteiger partial charge in [0.05, 0.1) is 6.61 Å². The van der Waals surface area contributed by atoms with Crippen LogP contribution in [-0.2, 0) is 13.1 Å². The molecule has 0 bridgehead atoms. The highest BCUT2D eigenvalue weighted by Gasteiger charge is 2.12. The number of unbranched alkanes of at least 4 members (excludes halogenated alkanes) is 3. The molecule has 3 aromatic rings. The average Bonchev–Trinajstić information content (AvgIpc) is 3.11. The number of guanidine groups is 1. The van der Waals surface area contributed by atoms with Crippen LogP contribution in [0.3, 0.4) is 0 Å². The molecule has 1 saturated heterocycles. The Morgan fingerprint density at radius 1 is 0.938 bits per heavy atom. The second kappa shape index (κ2) is 21.6. The molecule has 0 radical (unpaired) electrons. The van der Waals surface area contributed by atoms with Gasteiger partial charge in [0.2, 0.25) is 5.96 Å². The van der Waals surface area contributed by atoms with E-state index in [4.69, 9.17) is 10.00 Å². The van der Waals surface area contributed by atoms with E-state index in [9.17, 15) is 4.39 Å². The van der Waals surface area contributed by atoms with Crippen molar-refractivity contribution >= 4 is 11.8 Å². The molecule has 1 aromatic heterocycles. The maximum absolute atomic E-state index is 13.4. The van der Waals surface area contributed by atoms with Crippen molar-refractivity contribution in [2.24, 2.45) is 4.99 Å². The molecule has 4 rings (SSSR count). The lowest BCUT2D eigenvalue weighted by Gasteiger charge is -2.27. The lowest BCUT2D eigenvalue weighted by molar-refractivity contribution is 0.220. The maximum atomic E-state index is 13.4. The van der Waals surface area contributed by atoms with Gasteiger partial charge in [0.15, 0.2) is 6.19 Å². The number of benzene rings is 2. The van der Waals surface area contributed by atoms with Gasteiger partial charge in [-0.25, -0.2) is 9.37 Å². The number of nitriles is 1. The Hall–Kier alpha value is -4.20. The summed E-state index contributed by atoms with van der Waals surface area (Å²) in [7, 11) is 2.16. The van der Waals surface area contributed by atoms with Gasteiger partial charge in [0.1, 0.15) is 17.4 Å². The molecule has 1 aliphatic rings. The number of likely N-dealkylation sites (N-methyl/N-ethyl adjacent to an activating group) is 1. The molecule has 10 heteroatoms. The van der Waals surface area contributed by atoms with Crippen molar-refractivity contribution in [2.75, 3.05) is 64.4 Å². The molecule has 0 unspecified atom stereocenters. The van der Waals surface area contributed by atoms with Gasteiger partial charge in [0, 0.05) is 51.9 Å². The minimum atomic E-state index is -0.219. The van der Waals surface area contributed by atoms with Crippen LogP contribution in [0.1, 0.15) is 62.5 Å². The van der Waals surface area contributed by atoms with Gasteiger partial charge < -0.3 is 19.9 Å². The fourth-order valence-corrected chi connectivity index (χ4v) is 5.84. The van der Waals surface area contributed by atoms with Gasteiger partial charge in [-0.1, -0.05) is 49.6 Å². The second-order valence-electron chi connectivity index (χ2n) is 12.5. The standard InChI is InChI=1S/C38H53FN8O/c1-45(26-27-47(37-15-5-7-20-41-37)31-33-16-18-35(39)19-17-33)23-8-3-2-6-21-42-38(44-32-40)43-22-12-28-48-36-14-11-13-34(29-36)30-46-24-9-4-10-25-46/h5,7,11,13-20,29H,2-4,6,8-10,12,21-28,30-31H2,1H3,(H2,42,43,44). The highest BCUT2D eigenvalue weighted by atomic mass is 19.1. The number of likely N-dealkylation sites (tertiary alicyclic amines) is 1. The third kappa shape index (κ3) is 14.3. The topological polar surface area (TPSA) is 92.0 Å². The number of halogens is 1. The quantitative estimate of drug-likeness (QED) is 0.0489. The molecular formula is C38H53FN8O. The van der Waals surface area contributed by atoms with Crippen LogP contribution < -0.4 is 20.3 Å². The predicted molar refractivity (Wildman–Crippen MR) is 192 cm³/mol. The van der Waals surface area contributed by atoms with Gasteiger partial charge in [0.25, 0.3) is 0 Å². The number of ether oxygens (including phenoxy) is 1. The summed E-state index contributed by atoms with van der Waals surface area (Å²) in [5, 5.41) is 15.1. The first-order valence-corrected chi connectivity index (χ1v) is 17.6. The lowest BCUT2D eigenvalue weighted by Crippen LogP contribution is -2.35. The fraction of sp³-hybridized carbons (Fsp3) is 0.500. The molecular weight excluding hydrogens is 603 g/mol. The van der Waals surface area contributed by atoms with Crippen molar-refractivity contribution in [3.8, 4) is 11.9 Å². The summed E-state index contributed by atoms with van der Waals surface area (Å²) in [6.07, 6.45) is 12.9. The summed E-state index contributed by atoms with van der Waals surface area (Å²) in [5.74, 6) is 2.14. The van der Waals surface area contributed by atoms with Crippen molar-refractivity contribution in [2.45, 2.75) is 64.5 Å². The van der Waals surface area contributed by atoms with Crippen LogP contribution in [0.25, 0.3) is 0 Å². The Labute approximate surface area is 286 Å². The number of pyridine rings is 1. The normalized spacial score (nSPS) is 13.7. The fourth-order valence-electron chi connectivity index (χ4n) is 5.84. The third-order valence-corrected chi connectivity index (χ3v) is 8.54. The zero-order valence-electron chi connectivity index (χ0n) is 28.6. The number of anilines is 1. The zero-order valence-corrected chi connectivity index (χ0v) is 28.6. The monoisotopic (exact) mass is 656 g/mol. The lowest BCUT2D eigenvalue weighted by atomic mass is 10.1. The zero-order chi connectivity index (χ0) is 33.7.